The highest BCUT2D eigenvalue weighted by atomic mass is 16.5. The maximum atomic E-state index is 11.9. The van der Waals surface area contributed by atoms with Crippen LogP contribution in [0.1, 0.15) is 23.1 Å². The molecule has 1 aliphatic carbocycles. The van der Waals surface area contributed by atoms with Crippen LogP contribution in [0.5, 0.6) is 5.75 Å². The van der Waals surface area contributed by atoms with E-state index in [1.807, 2.05) is 42.5 Å². The molecule has 0 N–H and O–H groups in total. The largest absolute Gasteiger partial charge is 0.426 e. The smallest absolute Gasteiger partial charge is 0.315 e. The molecule has 2 heteroatoms. The van der Waals surface area contributed by atoms with Gasteiger partial charge in [0.2, 0.25) is 0 Å². The van der Waals surface area contributed by atoms with Crippen molar-refractivity contribution in [2.45, 2.75) is 25.7 Å². The molecule has 2 nitrogen and oxygen atoms in total. The summed E-state index contributed by atoms with van der Waals surface area (Å²) in [7, 11) is 0. The minimum absolute atomic E-state index is 0.204. The van der Waals surface area contributed by atoms with Gasteiger partial charge in [0.1, 0.15) is 5.75 Å². The van der Waals surface area contributed by atoms with Crippen LogP contribution in [0.25, 0.3) is 0 Å². The summed E-state index contributed by atoms with van der Waals surface area (Å²) in [6, 6.07) is 15.6. The van der Waals surface area contributed by atoms with Crippen molar-refractivity contribution in [3.05, 3.63) is 65.2 Å². The Balaban J connectivity index is 1.66. The molecule has 0 amide bonds. The average molecular weight is 252 g/mol. The lowest BCUT2D eigenvalue weighted by atomic mass is 10.1. The van der Waals surface area contributed by atoms with Crippen LogP contribution < -0.4 is 4.74 Å². The van der Waals surface area contributed by atoms with Gasteiger partial charge in [-0.3, -0.25) is 4.79 Å². The van der Waals surface area contributed by atoms with Gasteiger partial charge in [-0.25, -0.2) is 0 Å². The predicted octanol–water partition coefficient (Wildman–Crippen LogP) is 3.32. The van der Waals surface area contributed by atoms with Crippen LogP contribution in [0.15, 0.2) is 48.5 Å². The standard InChI is InChI=1S/C17H16O2/c18-17(11-13-5-2-1-3-6-13)19-16-10-9-14-7-4-8-15(14)12-16/h1-3,5-6,9-10,12H,4,7-8,11H2. The number of esters is 1. The molecular weight excluding hydrogens is 236 g/mol. The van der Waals surface area contributed by atoms with Gasteiger partial charge < -0.3 is 4.74 Å². The number of benzene rings is 2. The molecule has 0 unspecified atom stereocenters. The van der Waals surface area contributed by atoms with Gasteiger partial charge in [0.05, 0.1) is 6.42 Å². The van der Waals surface area contributed by atoms with E-state index >= 15 is 0 Å². The molecule has 2 aromatic rings. The van der Waals surface area contributed by atoms with E-state index in [-0.39, 0.29) is 5.97 Å². The molecule has 19 heavy (non-hydrogen) atoms. The summed E-state index contributed by atoms with van der Waals surface area (Å²) < 4.78 is 5.40. The Bertz CT molecular complexity index is 587. The lowest BCUT2D eigenvalue weighted by molar-refractivity contribution is -0.133. The van der Waals surface area contributed by atoms with Crippen LogP contribution in [0.3, 0.4) is 0 Å². The van der Waals surface area contributed by atoms with Gasteiger partial charge in [-0.1, -0.05) is 36.4 Å². The zero-order valence-electron chi connectivity index (χ0n) is 10.8. The van der Waals surface area contributed by atoms with Crippen molar-refractivity contribution < 1.29 is 9.53 Å². The third-order valence-corrected chi connectivity index (χ3v) is 3.49. The number of aryl methyl sites for hydroxylation is 2. The minimum atomic E-state index is -0.204. The van der Waals surface area contributed by atoms with Crippen LogP contribution in [-0.2, 0) is 24.1 Å². The van der Waals surface area contributed by atoms with Gasteiger partial charge in [-0.05, 0) is 48.1 Å². The third kappa shape index (κ3) is 2.84. The van der Waals surface area contributed by atoms with Crippen molar-refractivity contribution in [1.82, 2.24) is 0 Å². The molecule has 0 bridgehead atoms. The van der Waals surface area contributed by atoms with E-state index in [2.05, 4.69) is 6.07 Å². The summed E-state index contributed by atoms with van der Waals surface area (Å²) in [6.07, 6.45) is 3.77. The molecule has 0 saturated carbocycles. The van der Waals surface area contributed by atoms with E-state index in [0.717, 1.165) is 18.4 Å². The van der Waals surface area contributed by atoms with Crippen molar-refractivity contribution in [2.24, 2.45) is 0 Å². The highest BCUT2D eigenvalue weighted by molar-refractivity contribution is 5.75. The SMILES string of the molecule is O=C(Cc1ccccc1)Oc1ccc2c(c1)CCC2. The Morgan fingerprint density at radius 3 is 2.63 bits per heavy atom. The van der Waals surface area contributed by atoms with Crippen LogP contribution in [0.2, 0.25) is 0 Å². The van der Waals surface area contributed by atoms with Crippen molar-refractivity contribution in [2.75, 3.05) is 0 Å². The number of ether oxygens (including phenoxy) is 1. The lowest BCUT2D eigenvalue weighted by Crippen LogP contribution is -2.11. The zero-order chi connectivity index (χ0) is 13.1. The monoisotopic (exact) mass is 252 g/mol. The number of hydrogen-bond donors (Lipinski definition) is 0. The molecule has 3 rings (SSSR count). The Labute approximate surface area is 113 Å². The molecule has 0 atom stereocenters. The highest BCUT2D eigenvalue weighted by Crippen LogP contribution is 2.26. The first-order valence-corrected chi connectivity index (χ1v) is 6.68. The van der Waals surface area contributed by atoms with Gasteiger partial charge in [-0.15, -0.1) is 0 Å². The van der Waals surface area contributed by atoms with Crippen LogP contribution in [0, 0.1) is 0 Å². The maximum absolute atomic E-state index is 11.9. The molecule has 2 aromatic carbocycles. The summed E-state index contributed by atoms with van der Waals surface area (Å²) in [5, 5.41) is 0. The first-order chi connectivity index (χ1) is 9.31. The predicted molar refractivity (Wildman–Crippen MR) is 74.2 cm³/mol. The van der Waals surface area contributed by atoms with E-state index in [0.29, 0.717) is 12.2 Å². The Morgan fingerprint density at radius 1 is 1.00 bits per heavy atom. The lowest BCUT2D eigenvalue weighted by Gasteiger charge is -2.06. The Kier molecular flexibility index (Phi) is 3.32. The molecule has 96 valence electrons. The fourth-order valence-electron chi connectivity index (χ4n) is 2.54. The van der Waals surface area contributed by atoms with E-state index in [9.17, 15) is 4.79 Å². The maximum Gasteiger partial charge on any atom is 0.315 e. The molecule has 0 aliphatic heterocycles. The topological polar surface area (TPSA) is 26.3 Å². The zero-order valence-corrected chi connectivity index (χ0v) is 10.8. The summed E-state index contributed by atoms with van der Waals surface area (Å²) in [5.74, 6) is 0.464. The summed E-state index contributed by atoms with van der Waals surface area (Å²) in [4.78, 5) is 11.9. The fourth-order valence-corrected chi connectivity index (χ4v) is 2.54. The Hall–Kier alpha value is -2.09. The third-order valence-electron chi connectivity index (χ3n) is 3.49. The molecule has 0 aromatic heterocycles. The molecule has 1 aliphatic rings. The fraction of sp³-hybridized carbons (Fsp3) is 0.235. The summed E-state index contributed by atoms with van der Waals surface area (Å²) >= 11 is 0. The van der Waals surface area contributed by atoms with E-state index < -0.39 is 0 Å². The second kappa shape index (κ2) is 5.27. The molecule has 0 radical (unpaired) electrons. The van der Waals surface area contributed by atoms with Gasteiger partial charge >= 0.3 is 5.97 Å². The van der Waals surface area contributed by atoms with Crippen molar-refractivity contribution >= 4 is 5.97 Å². The number of carbonyl (C=O) groups excluding carboxylic acids is 1. The van der Waals surface area contributed by atoms with E-state index in [1.165, 1.54) is 17.5 Å². The second-order valence-electron chi connectivity index (χ2n) is 4.92. The summed E-state index contributed by atoms with van der Waals surface area (Å²) in [5.41, 5.74) is 3.70. The first kappa shape index (κ1) is 12.0. The van der Waals surface area contributed by atoms with Gasteiger partial charge in [-0.2, -0.15) is 0 Å². The van der Waals surface area contributed by atoms with Gasteiger partial charge in [0, 0.05) is 0 Å². The summed E-state index contributed by atoms with van der Waals surface area (Å²) in [6.45, 7) is 0. The molecule has 0 saturated heterocycles. The number of carbonyl (C=O) groups is 1. The van der Waals surface area contributed by atoms with Crippen LogP contribution in [-0.4, -0.2) is 5.97 Å². The average Bonchev–Trinajstić information content (AvgIpc) is 2.87. The number of rotatable bonds is 3. The number of hydrogen-bond acceptors (Lipinski definition) is 2. The Morgan fingerprint density at radius 2 is 1.79 bits per heavy atom. The quantitative estimate of drug-likeness (QED) is 0.618. The van der Waals surface area contributed by atoms with Gasteiger partial charge in [0.15, 0.2) is 0 Å². The van der Waals surface area contributed by atoms with Crippen LogP contribution in [0.4, 0.5) is 0 Å². The van der Waals surface area contributed by atoms with E-state index in [4.69, 9.17) is 4.74 Å². The normalized spacial score (nSPS) is 13.1. The molecular formula is C17H16O2. The van der Waals surface area contributed by atoms with E-state index in [1.54, 1.807) is 0 Å². The highest BCUT2D eigenvalue weighted by Gasteiger charge is 2.13. The first-order valence-electron chi connectivity index (χ1n) is 6.68. The van der Waals surface area contributed by atoms with Gasteiger partial charge in [0.25, 0.3) is 0 Å². The van der Waals surface area contributed by atoms with Crippen LogP contribution >= 0.6 is 0 Å². The van der Waals surface area contributed by atoms with Crippen molar-refractivity contribution in [3.8, 4) is 5.75 Å². The van der Waals surface area contributed by atoms with Crippen molar-refractivity contribution in [3.63, 3.8) is 0 Å². The molecule has 0 fully saturated rings. The molecule has 0 spiro atoms. The van der Waals surface area contributed by atoms with Crippen molar-refractivity contribution in [1.29, 1.82) is 0 Å². The second-order valence-corrected chi connectivity index (χ2v) is 4.92. The minimum Gasteiger partial charge on any atom is -0.426 e. The molecule has 0 heterocycles. The number of fused-ring (bicyclic) bond motifs is 1.